The number of nitrogens with zero attached hydrogens (tertiary/aromatic N) is 1. The predicted octanol–water partition coefficient (Wildman–Crippen LogP) is 4.38. The van der Waals surface area contributed by atoms with Gasteiger partial charge in [0.1, 0.15) is 11.2 Å². The number of carbonyl (C=O) groups excluding carboxylic acids is 1. The molecule has 0 fully saturated rings. The fourth-order valence-electron chi connectivity index (χ4n) is 1.97. The lowest BCUT2D eigenvalue weighted by Gasteiger charge is -2.10. The van der Waals surface area contributed by atoms with E-state index in [2.05, 4.69) is 0 Å². The molecule has 0 radical (unpaired) electrons. The van der Waals surface area contributed by atoms with Crippen molar-refractivity contribution in [2.75, 3.05) is 0 Å². The van der Waals surface area contributed by atoms with Crippen LogP contribution in [-0.4, -0.2) is 11.2 Å². The van der Waals surface area contributed by atoms with E-state index < -0.39 is 17.0 Å². The first-order valence-electron chi connectivity index (χ1n) is 6.14. The third kappa shape index (κ3) is 3.60. The van der Waals surface area contributed by atoms with Gasteiger partial charge in [-0.1, -0.05) is 29.8 Å². The van der Waals surface area contributed by atoms with Crippen molar-refractivity contribution in [1.29, 1.82) is 5.26 Å². The second-order valence-electron chi connectivity index (χ2n) is 4.41. The third-order valence-electron chi connectivity index (χ3n) is 2.97. The molecule has 0 aromatic heterocycles. The number of alkyl halides is 1. The molecule has 2 aromatic carbocycles. The second kappa shape index (κ2) is 6.71. The van der Waals surface area contributed by atoms with Gasteiger partial charge in [0, 0.05) is 17.0 Å². The van der Waals surface area contributed by atoms with Gasteiger partial charge < -0.3 is 0 Å². The van der Waals surface area contributed by atoms with Gasteiger partial charge in [-0.2, -0.15) is 5.26 Å². The number of benzene rings is 2. The Morgan fingerprint density at radius 2 is 1.95 bits per heavy atom. The van der Waals surface area contributed by atoms with Crippen LogP contribution < -0.4 is 0 Å². The van der Waals surface area contributed by atoms with Crippen LogP contribution in [0.5, 0.6) is 0 Å². The van der Waals surface area contributed by atoms with Crippen LogP contribution in [0.1, 0.15) is 21.5 Å². The molecule has 106 valence electrons. The van der Waals surface area contributed by atoms with Gasteiger partial charge in [-0.25, -0.2) is 4.39 Å². The molecule has 1 atom stereocenters. The average Bonchev–Trinajstić information content (AvgIpc) is 2.48. The third-order valence-corrected chi connectivity index (χ3v) is 3.46. The van der Waals surface area contributed by atoms with Gasteiger partial charge >= 0.3 is 0 Å². The molecule has 5 heteroatoms. The first-order chi connectivity index (χ1) is 10.0. The molecule has 0 spiro atoms. The monoisotopic (exact) mass is 321 g/mol. The van der Waals surface area contributed by atoms with Gasteiger partial charge in [0.15, 0.2) is 5.78 Å². The zero-order chi connectivity index (χ0) is 15.4. The summed E-state index contributed by atoms with van der Waals surface area (Å²) in [4.78, 5) is 12.5. The summed E-state index contributed by atoms with van der Waals surface area (Å²) >= 11 is 11.7. The van der Waals surface area contributed by atoms with Gasteiger partial charge in [0.05, 0.1) is 11.6 Å². The number of carbonyl (C=O) groups is 1. The molecule has 0 N–H and O–H groups in total. The van der Waals surface area contributed by atoms with E-state index in [1.54, 1.807) is 18.2 Å². The highest BCUT2D eigenvalue weighted by Gasteiger charge is 2.19. The fraction of sp³-hybridized carbons (Fsp3) is 0.125. The molecule has 0 bridgehead atoms. The largest absolute Gasteiger partial charge is 0.288 e. The zero-order valence-corrected chi connectivity index (χ0v) is 12.3. The van der Waals surface area contributed by atoms with Crippen LogP contribution in [0.4, 0.5) is 4.39 Å². The summed E-state index contributed by atoms with van der Waals surface area (Å²) < 4.78 is 13.8. The van der Waals surface area contributed by atoms with Gasteiger partial charge in [-0.3, -0.25) is 4.79 Å². The van der Waals surface area contributed by atoms with E-state index in [-0.39, 0.29) is 17.5 Å². The molecule has 1 unspecified atom stereocenters. The number of ketones is 1. The minimum absolute atomic E-state index is 0.0379. The molecular formula is C16H10Cl2FNO. The Kier molecular flexibility index (Phi) is 4.95. The van der Waals surface area contributed by atoms with Crippen LogP contribution in [0.3, 0.4) is 0 Å². The maximum absolute atomic E-state index is 13.8. The van der Waals surface area contributed by atoms with E-state index >= 15 is 0 Å². The Hall–Kier alpha value is -1.89. The van der Waals surface area contributed by atoms with E-state index in [1.807, 2.05) is 6.07 Å². The van der Waals surface area contributed by atoms with Crippen LogP contribution in [0, 0.1) is 17.1 Å². The molecule has 0 saturated heterocycles. The Morgan fingerprint density at radius 1 is 1.24 bits per heavy atom. The van der Waals surface area contributed by atoms with Crippen molar-refractivity contribution >= 4 is 29.0 Å². The highest BCUT2D eigenvalue weighted by Crippen LogP contribution is 2.23. The molecule has 2 nitrogen and oxygen atoms in total. The summed E-state index contributed by atoms with van der Waals surface area (Å²) in [6.45, 7) is 0. The van der Waals surface area contributed by atoms with Crippen LogP contribution >= 0.6 is 23.2 Å². The van der Waals surface area contributed by atoms with Crippen LogP contribution in [-0.2, 0) is 6.42 Å². The van der Waals surface area contributed by atoms with Crippen molar-refractivity contribution in [1.82, 2.24) is 0 Å². The maximum Gasteiger partial charge on any atom is 0.196 e. The second-order valence-corrected chi connectivity index (χ2v) is 5.37. The molecule has 2 aromatic rings. The Labute approximate surface area is 131 Å². The average molecular weight is 322 g/mol. The smallest absolute Gasteiger partial charge is 0.196 e. The Bertz CT molecular complexity index is 724. The zero-order valence-electron chi connectivity index (χ0n) is 10.8. The normalized spacial score (nSPS) is 11.7. The lowest BCUT2D eigenvalue weighted by molar-refractivity contribution is 0.103. The summed E-state index contributed by atoms with van der Waals surface area (Å²) in [5.41, 5.74) is 0.784. The van der Waals surface area contributed by atoms with Gasteiger partial charge in [-0.15, -0.1) is 11.6 Å². The summed E-state index contributed by atoms with van der Waals surface area (Å²) in [6.07, 6.45) is 0.185. The molecule has 2 rings (SSSR count). The molecular weight excluding hydrogens is 312 g/mol. The molecule has 0 heterocycles. The molecule has 0 aliphatic heterocycles. The summed E-state index contributed by atoms with van der Waals surface area (Å²) in [7, 11) is 0. The van der Waals surface area contributed by atoms with E-state index in [4.69, 9.17) is 28.5 Å². The SMILES string of the molecule is N#CC(Cl)Cc1ccc(Cl)cc1C(=O)c1ccccc1F. The van der Waals surface area contributed by atoms with E-state index in [9.17, 15) is 9.18 Å². The lowest BCUT2D eigenvalue weighted by atomic mass is 9.95. The topological polar surface area (TPSA) is 40.9 Å². The minimum atomic E-state index is -0.765. The Balaban J connectivity index is 2.47. The predicted molar refractivity (Wildman–Crippen MR) is 80.2 cm³/mol. The standard InChI is InChI=1S/C16H10Cl2FNO/c17-11-6-5-10(7-12(18)9-20)14(8-11)16(21)13-3-1-2-4-15(13)19/h1-6,8,12H,7H2. The van der Waals surface area contributed by atoms with Gasteiger partial charge in [0.2, 0.25) is 0 Å². The van der Waals surface area contributed by atoms with Crippen LogP contribution in [0.2, 0.25) is 5.02 Å². The molecule has 0 aliphatic rings. The number of hydrogen-bond acceptors (Lipinski definition) is 2. The molecule has 0 amide bonds. The lowest BCUT2D eigenvalue weighted by Crippen LogP contribution is -2.10. The van der Waals surface area contributed by atoms with Crippen molar-refractivity contribution in [2.45, 2.75) is 11.8 Å². The van der Waals surface area contributed by atoms with E-state index in [0.29, 0.717) is 10.6 Å². The van der Waals surface area contributed by atoms with Crippen molar-refractivity contribution in [3.63, 3.8) is 0 Å². The highest BCUT2D eigenvalue weighted by molar-refractivity contribution is 6.31. The fourth-order valence-corrected chi connectivity index (χ4v) is 2.31. The number of rotatable bonds is 4. The van der Waals surface area contributed by atoms with Crippen molar-refractivity contribution < 1.29 is 9.18 Å². The first kappa shape index (κ1) is 15.5. The number of nitriles is 1. The summed E-state index contributed by atoms with van der Waals surface area (Å²) in [5, 5.41) is 8.39. The maximum atomic E-state index is 13.8. The first-order valence-corrected chi connectivity index (χ1v) is 6.95. The summed E-state index contributed by atoms with van der Waals surface area (Å²) in [5.74, 6) is -1.08. The highest BCUT2D eigenvalue weighted by atomic mass is 35.5. The quantitative estimate of drug-likeness (QED) is 0.619. The van der Waals surface area contributed by atoms with Gasteiger partial charge in [0.25, 0.3) is 0 Å². The van der Waals surface area contributed by atoms with Crippen LogP contribution in [0.25, 0.3) is 0 Å². The molecule has 21 heavy (non-hydrogen) atoms. The summed E-state index contributed by atoms with van der Waals surface area (Å²) in [6, 6.07) is 12.3. The number of hydrogen-bond donors (Lipinski definition) is 0. The van der Waals surface area contributed by atoms with Crippen molar-refractivity contribution in [2.24, 2.45) is 0 Å². The van der Waals surface area contributed by atoms with Crippen LogP contribution in [0.15, 0.2) is 42.5 Å². The van der Waals surface area contributed by atoms with Crippen molar-refractivity contribution in [3.8, 4) is 6.07 Å². The molecule has 0 saturated carbocycles. The van der Waals surface area contributed by atoms with E-state index in [1.165, 1.54) is 24.3 Å². The molecule has 0 aliphatic carbocycles. The Morgan fingerprint density at radius 3 is 2.62 bits per heavy atom. The minimum Gasteiger partial charge on any atom is -0.288 e. The van der Waals surface area contributed by atoms with Gasteiger partial charge in [-0.05, 0) is 29.8 Å². The number of halogens is 3. The van der Waals surface area contributed by atoms with Crippen molar-refractivity contribution in [3.05, 3.63) is 70.0 Å². The van der Waals surface area contributed by atoms with E-state index in [0.717, 1.165) is 0 Å².